The lowest BCUT2D eigenvalue weighted by Crippen LogP contribution is -2.38. The van der Waals surface area contributed by atoms with Gasteiger partial charge >= 0.3 is 0 Å². The van der Waals surface area contributed by atoms with Crippen molar-refractivity contribution in [3.8, 4) is 0 Å². The highest BCUT2D eigenvalue weighted by molar-refractivity contribution is 7.91. The monoisotopic (exact) mass is 372 g/mol. The van der Waals surface area contributed by atoms with Gasteiger partial charge < -0.3 is 9.80 Å². The molecule has 2 aliphatic rings. The maximum atomic E-state index is 12.3. The van der Waals surface area contributed by atoms with Crippen molar-refractivity contribution in [2.45, 2.75) is 25.9 Å². The first-order chi connectivity index (χ1) is 11.9. The van der Waals surface area contributed by atoms with E-state index in [9.17, 15) is 8.42 Å². The van der Waals surface area contributed by atoms with Crippen molar-refractivity contribution in [3.05, 3.63) is 59.7 Å². The Hall–Kier alpha value is -1.92. The zero-order valence-corrected chi connectivity index (χ0v) is 15.8. The summed E-state index contributed by atoms with van der Waals surface area (Å²) in [5, 5.41) is 0.683. The van der Waals surface area contributed by atoms with E-state index < -0.39 is 9.84 Å². The molecule has 0 N–H and O–H groups in total. The van der Waals surface area contributed by atoms with Crippen molar-refractivity contribution in [3.63, 3.8) is 0 Å². The maximum Gasteiger partial charge on any atom is 0.181 e. The Morgan fingerprint density at radius 3 is 2.24 bits per heavy atom. The van der Waals surface area contributed by atoms with Crippen LogP contribution in [0.5, 0.6) is 0 Å². The van der Waals surface area contributed by atoms with Crippen molar-refractivity contribution in [2.75, 3.05) is 21.3 Å². The minimum atomic E-state index is -3.07. The Kier molecular flexibility index (Phi) is 3.85. The van der Waals surface area contributed by atoms with Crippen molar-refractivity contribution in [1.29, 1.82) is 0 Å². The van der Waals surface area contributed by atoms with Crippen LogP contribution in [-0.4, -0.2) is 37.1 Å². The molecular formula is C19H20N2O2S2. The van der Waals surface area contributed by atoms with Crippen molar-refractivity contribution >= 4 is 38.5 Å². The molecule has 0 radical (unpaired) electrons. The molecular weight excluding hydrogens is 352 g/mol. The molecule has 0 unspecified atom stereocenters. The van der Waals surface area contributed by atoms with Crippen LogP contribution in [-0.2, 0) is 9.84 Å². The van der Waals surface area contributed by atoms with Gasteiger partial charge in [-0.25, -0.2) is 8.42 Å². The number of anilines is 2. The van der Waals surface area contributed by atoms with Crippen LogP contribution in [0.4, 0.5) is 11.4 Å². The van der Waals surface area contributed by atoms with E-state index >= 15 is 0 Å². The second-order valence-corrected chi connectivity index (χ2v) is 9.38. The van der Waals surface area contributed by atoms with E-state index in [1.807, 2.05) is 46.2 Å². The zero-order chi connectivity index (χ0) is 17.8. The zero-order valence-electron chi connectivity index (χ0n) is 14.2. The fraction of sp³-hybridized carbons (Fsp3) is 0.316. The van der Waals surface area contributed by atoms with Crippen LogP contribution in [0.3, 0.4) is 0 Å². The number of benzene rings is 2. The number of hydrogen-bond acceptors (Lipinski definition) is 3. The highest BCUT2D eigenvalue weighted by Crippen LogP contribution is 2.39. The number of para-hydroxylation sites is 1. The highest BCUT2D eigenvalue weighted by atomic mass is 32.2. The highest BCUT2D eigenvalue weighted by Gasteiger charge is 2.52. The third kappa shape index (κ3) is 2.73. The minimum absolute atomic E-state index is 0.138. The third-order valence-corrected chi connectivity index (χ3v) is 7.11. The second-order valence-electron chi connectivity index (χ2n) is 6.86. The molecule has 2 saturated heterocycles. The molecule has 0 bridgehead atoms. The van der Waals surface area contributed by atoms with E-state index in [4.69, 9.17) is 12.2 Å². The molecule has 4 rings (SSSR count). The van der Waals surface area contributed by atoms with Crippen LogP contribution >= 0.6 is 12.2 Å². The normalized spacial score (nSPS) is 24.6. The molecule has 0 saturated carbocycles. The predicted octanol–water partition coefficient (Wildman–Crippen LogP) is 3.08. The number of fused-ring (bicyclic) bond motifs is 1. The summed E-state index contributed by atoms with van der Waals surface area (Å²) < 4.78 is 24.7. The van der Waals surface area contributed by atoms with Gasteiger partial charge in [0.1, 0.15) is 0 Å². The average Bonchev–Trinajstić information content (AvgIpc) is 2.98. The van der Waals surface area contributed by atoms with Gasteiger partial charge in [-0.3, -0.25) is 0 Å². The molecule has 4 nitrogen and oxygen atoms in total. The lowest BCUT2D eigenvalue weighted by molar-refractivity contribution is 0.601. The van der Waals surface area contributed by atoms with Gasteiger partial charge in [-0.1, -0.05) is 35.9 Å². The van der Waals surface area contributed by atoms with Gasteiger partial charge in [-0.2, -0.15) is 0 Å². The summed E-state index contributed by atoms with van der Waals surface area (Å²) in [6, 6.07) is 15.8. The molecule has 0 amide bonds. The fourth-order valence-electron chi connectivity index (χ4n) is 3.95. The Morgan fingerprint density at radius 2 is 1.60 bits per heavy atom. The molecule has 2 aliphatic heterocycles. The molecule has 0 aromatic heterocycles. The summed E-state index contributed by atoms with van der Waals surface area (Å²) in [5.41, 5.74) is 4.25. The summed E-state index contributed by atoms with van der Waals surface area (Å²) in [4.78, 5) is 4.07. The summed E-state index contributed by atoms with van der Waals surface area (Å²) in [5.74, 6) is 0.294. The second kappa shape index (κ2) is 5.81. The molecule has 2 aromatic carbocycles. The standard InChI is InChI=1S/C19H20N2O2S2/c1-13-8-9-16(14(2)10-13)21-18-12-25(22,23)11-17(18)20(19(21)24)15-6-4-3-5-7-15/h3-10,17-18H,11-12H2,1-2H3/t17-,18+/m0/s1. The van der Waals surface area contributed by atoms with Gasteiger partial charge in [0.25, 0.3) is 0 Å². The molecule has 0 spiro atoms. The van der Waals surface area contributed by atoms with Crippen LogP contribution < -0.4 is 9.80 Å². The van der Waals surface area contributed by atoms with Gasteiger partial charge in [-0.15, -0.1) is 0 Å². The largest absolute Gasteiger partial charge is 0.312 e. The van der Waals surface area contributed by atoms with Gasteiger partial charge in [-0.05, 0) is 49.8 Å². The van der Waals surface area contributed by atoms with Crippen LogP contribution in [0.1, 0.15) is 11.1 Å². The third-order valence-electron chi connectivity index (χ3n) is 5.02. The van der Waals surface area contributed by atoms with E-state index in [0.717, 1.165) is 16.9 Å². The van der Waals surface area contributed by atoms with Crippen LogP contribution in [0, 0.1) is 13.8 Å². The van der Waals surface area contributed by atoms with E-state index in [1.165, 1.54) is 5.56 Å². The molecule has 25 heavy (non-hydrogen) atoms. The van der Waals surface area contributed by atoms with Gasteiger partial charge in [0.15, 0.2) is 14.9 Å². The molecule has 2 atom stereocenters. The van der Waals surface area contributed by atoms with Gasteiger partial charge in [0.05, 0.1) is 23.6 Å². The van der Waals surface area contributed by atoms with Crippen LogP contribution in [0.15, 0.2) is 48.5 Å². The summed E-state index contributed by atoms with van der Waals surface area (Å²) in [6.07, 6.45) is 0. The number of hydrogen-bond donors (Lipinski definition) is 0. The van der Waals surface area contributed by atoms with E-state index in [0.29, 0.717) is 5.11 Å². The number of thiocarbonyl (C=S) groups is 1. The Bertz CT molecular complexity index is 941. The van der Waals surface area contributed by atoms with Gasteiger partial charge in [0.2, 0.25) is 0 Å². The molecule has 0 aliphatic carbocycles. The summed E-state index contributed by atoms with van der Waals surface area (Å²) in [6.45, 7) is 4.10. The minimum Gasteiger partial charge on any atom is -0.312 e. The molecule has 6 heteroatoms. The first kappa shape index (κ1) is 16.5. The van der Waals surface area contributed by atoms with E-state index in [1.54, 1.807) is 0 Å². The molecule has 2 aromatic rings. The lowest BCUT2D eigenvalue weighted by Gasteiger charge is -2.27. The van der Waals surface area contributed by atoms with Crippen molar-refractivity contribution in [1.82, 2.24) is 0 Å². The molecule has 2 fully saturated rings. The number of sulfone groups is 1. The smallest absolute Gasteiger partial charge is 0.181 e. The van der Waals surface area contributed by atoms with Gasteiger partial charge in [0, 0.05) is 11.4 Å². The van der Waals surface area contributed by atoms with Crippen molar-refractivity contribution < 1.29 is 8.42 Å². The van der Waals surface area contributed by atoms with E-state index in [-0.39, 0.29) is 23.6 Å². The average molecular weight is 373 g/mol. The van der Waals surface area contributed by atoms with E-state index in [2.05, 4.69) is 26.0 Å². The summed E-state index contributed by atoms with van der Waals surface area (Å²) in [7, 11) is -3.07. The number of aryl methyl sites for hydroxylation is 2. The first-order valence-electron chi connectivity index (χ1n) is 8.32. The SMILES string of the molecule is Cc1ccc(N2C(=S)N(c3ccccc3)[C@H]3CS(=O)(=O)C[C@H]32)c(C)c1. The Balaban J connectivity index is 1.83. The quantitative estimate of drug-likeness (QED) is 0.758. The first-order valence-corrected chi connectivity index (χ1v) is 10.6. The van der Waals surface area contributed by atoms with Crippen molar-refractivity contribution in [2.24, 2.45) is 0 Å². The van der Waals surface area contributed by atoms with Crippen LogP contribution in [0.2, 0.25) is 0 Å². The maximum absolute atomic E-state index is 12.3. The predicted molar refractivity (Wildman–Crippen MR) is 106 cm³/mol. The lowest BCUT2D eigenvalue weighted by atomic mass is 10.1. The molecule has 130 valence electrons. The topological polar surface area (TPSA) is 40.6 Å². The number of nitrogens with zero attached hydrogens (tertiary/aromatic N) is 2. The molecule has 2 heterocycles. The van der Waals surface area contributed by atoms with Crippen LogP contribution in [0.25, 0.3) is 0 Å². The Morgan fingerprint density at radius 1 is 0.960 bits per heavy atom. The summed E-state index contributed by atoms with van der Waals surface area (Å²) >= 11 is 5.80. The number of rotatable bonds is 2. The fourth-order valence-corrected chi connectivity index (χ4v) is 6.35. The Labute approximate surface area is 154 Å².